The van der Waals surface area contributed by atoms with Crippen LogP contribution in [0.2, 0.25) is 0 Å². The second kappa shape index (κ2) is 6.03. The number of aliphatic hydroxyl groups excluding tert-OH is 1. The standard InChI is InChI=1S/C12H22N2O2.ClH/c1-2-12(4-3-5-12)11(16)14-7-9-6-13-8-10(9)15;/h9-10,13,15H,2-8H2,1H3,(H,14,16);1H. The van der Waals surface area contributed by atoms with Gasteiger partial charge in [-0.3, -0.25) is 4.79 Å². The molecule has 0 bridgehead atoms. The van der Waals surface area contributed by atoms with Gasteiger partial charge in [0.15, 0.2) is 0 Å². The van der Waals surface area contributed by atoms with Gasteiger partial charge in [0.2, 0.25) is 5.91 Å². The molecular weight excluding hydrogens is 240 g/mol. The zero-order chi connectivity index (χ0) is 11.6. The number of β-amino-alcohol motifs (C(OH)–C–C–N with tert-alkyl or cyclic N) is 1. The van der Waals surface area contributed by atoms with Gasteiger partial charge in [-0.15, -0.1) is 12.4 Å². The van der Waals surface area contributed by atoms with Crippen LogP contribution in [-0.4, -0.2) is 36.8 Å². The molecule has 1 aliphatic heterocycles. The fraction of sp³-hybridized carbons (Fsp3) is 0.917. The molecule has 2 rings (SSSR count). The molecule has 1 aliphatic carbocycles. The molecule has 5 heteroatoms. The van der Waals surface area contributed by atoms with E-state index >= 15 is 0 Å². The van der Waals surface area contributed by atoms with Gasteiger partial charge >= 0.3 is 0 Å². The van der Waals surface area contributed by atoms with Crippen molar-refractivity contribution in [2.24, 2.45) is 11.3 Å². The molecule has 0 aromatic carbocycles. The SMILES string of the molecule is CCC1(C(=O)NCC2CNCC2O)CCC1.Cl. The van der Waals surface area contributed by atoms with Crippen molar-refractivity contribution in [2.75, 3.05) is 19.6 Å². The van der Waals surface area contributed by atoms with Gasteiger partial charge in [0, 0.05) is 31.0 Å². The summed E-state index contributed by atoms with van der Waals surface area (Å²) in [6.45, 7) is 4.15. The summed E-state index contributed by atoms with van der Waals surface area (Å²) in [7, 11) is 0. The summed E-state index contributed by atoms with van der Waals surface area (Å²) in [4.78, 5) is 12.0. The van der Waals surface area contributed by atoms with E-state index < -0.39 is 0 Å². The molecule has 17 heavy (non-hydrogen) atoms. The van der Waals surface area contributed by atoms with Gasteiger partial charge in [0.1, 0.15) is 0 Å². The molecule has 0 radical (unpaired) electrons. The van der Waals surface area contributed by atoms with Gasteiger partial charge in [-0.1, -0.05) is 13.3 Å². The van der Waals surface area contributed by atoms with E-state index in [-0.39, 0.29) is 35.8 Å². The lowest BCUT2D eigenvalue weighted by Gasteiger charge is -2.39. The molecule has 4 nitrogen and oxygen atoms in total. The molecule has 0 aromatic rings. The van der Waals surface area contributed by atoms with Crippen molar-refractivity contribution in [2.45, 2.75) is 38.7 Å². The summed E-state index contributed by atoms with van der Waals surface area (Å²) >= 11 is 0. The van der Waals surface area contributed by atoms with Gasteiger partial charge in [-0.25, -0.2) is 0 Å². The maximum atomic E-state index is 12.0. The topological polar surface area (TPSA) is 61.4 Å². The third-order valence-electron chi connectivity index (χ3n) is 4.30. The molecule has 0 spiro atoms. The van der Waals surface area contributed by atoms with Gasteiger partial charge in [-0.2, -0.15) is 0 Å². The van der Waals surface area contributed by atoms with Crippen LogP contribution in [0.5, 0.6) is 0 Å². The van der Waals surface area contributed by atoms with Crippen molar-refractivity contribution in [1.29, 1.82) is 0 Å². The van der Waals surface area contributed by atoms with Gasteiger partial charge < -0.3 is 15.7 Å². The Hall–Kier alpha value is -0.320. The first-order valence-corrected chi connectivity index (χ1v) is 6.35. The van der Waals surface area contributed by atoms with Crippen molar-refractivity contribution in [3.05, 3.63) is 0 Å². The number of hydrogen-bond donors (Lipinski definition) is 3. The molecule has 1 amide bonds. The van der Waals surface area contributed by atoms with Crippen LogP contribution in [-0.2, 0) is 4.79 Å². The number of rotatable bonds is 4. The van der Waals surface area contributed by atoms with E-state index in [1.807, 2.05) is 0 Å². The van der Waals surface area contributed by atoms with E-state index in [2.05, 4.69) is 17.6 Å². The van der Waals surface area contributed by atoms with Crippen LogP contribution in [0, 0.1) is 11.3 Å². The Morgan fingerprint density at radius 2 is 2.18 bits per heavy atom. The Labute approximate surface area is 109 Å². The summed E-state index contributed by atoms with van der Waals surface area (Å²) in [6.07, 6.45) is 3.86. The first-order valence-electron chi connectivity index (χ1n) is 6.35. The van der Waals surface area contributed by atoms with Crippen LogP contribution in [0.15, 0.2) is 0 Å². The van der Waals surface area contributed by atoms with E-state index in [4.69, 9.17) is 0 Å². The summed E-state index contributed by atoms with van der Waals surface area (Å²) in [5.74, 6) is 0.373. The number of nitrogens with one attached hydrogen (secondary N) is 2. The van der Waals surface area contributed by atoms with Crippen LogP contribution < -0.4 is 10.6 Å². The predicted octanol–water partition coefficient (Wildman–Crippen LogP) is 0.685. The minimum absolute atomic E-state index is 0. The molecule has 2 aliphatic rings. The quantitative estimate of drug-likeness (QED) is 0.699. The molecule has 0 aromatic heterocycles. The van der Waals surface area contributed by atoms with E-state index in [1.54, 1.807) is 0 Å². The largest absolute Gasteiger partial charge is 0.391 e. The Morgan fingerprint density at radius 3 is 2.59 bits per heavy atom. The molecule has 1 saturated carbocycles. The Balaban J connectivity index is 0.00000144. The number of carbonyl (C=O) groups excluding carboxylic acids is 1. The van der Waals surface area contributed by atoms with Crippen molar-refractivity contribution >= 4 is 18.3 Å². The highest BCUT2D eigenvalue weighted by atomic mass is 35.5. The summed E-state index contributed by atoms with van der Waals surface area (Å²) < 4.78 is 0. The first kappa shape index (κ1) is 14.7. The van der Waals surface area contributed by atoms with Crippen molar-refractivity contribution in [3.8, 4) is 0 Å². The van der Waals surface area contributed by atoms with Gasteiger partial charge in [0.25, 0.3) is 0 Å². The number of aliphatic hydroxyl groups is 1. The van der Waals surface area contributed by atoms with E-state index in [0.29, 0.717) is 13.1 Å². The summed E-state index contributed by atoms with van der Waals surface area (Å²) in [5.41, 5.74) is -0.0863. The Morgan fingerprint density at radius 1 is 1.47 bits per heavy atom. The maximum absolute atomic E-state index is 12.0. The fourth-order valence-electron chi connectivity index (χ4n) is 2.68. The summed E-state index contributed by atoms with van der Waals surface area (Å²) in [5, 5.41) is 15.8. The first-order chi connectivity index (χ1) is 7.68. The number of amides is 1. The lowest BCUT2D eigenvalue weighted by molar-refractivity contribution is -0.136. The lowest BCUT2D eigenvalue weighted by Crippen LogP contribution is -2.47. The zero-order valence-electron chi connectivity index (χ0n) is 10.4. The third kappa shape index (κ3) is 2.92. The molecular formula is C12H23ClN2O2. The van der Waals surface area contributed by atoms with Crippen molar-refractivity contribution < 1.29 is 9.90 Å². The molecule has 3 N–H and O–H groups in total. The van der Waals surface area contributed by atoms with E-state index in [9.17, 15) is 9.90 Å². The lowest BCUT2D eigenvalue weighted by atomic mass is 9.66. The highest BCUT2D eigenvalue weighted by molar-refractivity contribution is 5.85. The second-order valence-corrected chi connectivity index (χ2v) is 5.18. The zero-order valence-corrected chi connectivity index (χ0v) is 11.2. The van der Waals surface area contributed by atoms with Crippen LogP contribution in [0.1, 0.15) is 32.6 Å². The van der Waals surface area contributed by atoms with E-state index in [1.165, 1.54) is 6.42 Å². The minimum Gasteiger partial charge on any atom is -0.391 e. The molecule has 2 atom stereocenters. The molecule has 2 unspecified atom stereocenters. The Kier molecular flexibility index (Phi) is 5.22. The van der Waals surface area contributed by atoms with Crippen LogP contribution in [0.3, 0.4) is 0 Å². The van der Waals surface area contributed by atoms with E-state index in [0.717, 1.165) is 25.8 Å². The van der Waals surface area contributed by atoms with Crippen molar-refractivity contribution in [3.63, 3.8) is 0 Å². The monoisotopic (exact) mass is 262 g/mol. The number of halogens is 1. The minimum atomic E-state index is -0.306. The molecule has 2 fully saturated rings. The predicted molar refractivity (Wildman–Crippen MR) is 69.2 cm³/mol. The molecule has 100 valence electrons. The van der Waals surface area contributed by atoms with Crippen molar-refractivity contribution in [1.82, 2.24) is 10.6 Å². The normalized spacial score (nSPS) is 30.2. The maximum Gasteiger partial charge on any atom is 0.226 e. The van der Waals surface area contributed by atoms with Gasteiger partial charge in [-0.05, 0) is 19.3 Å². The second-order valence-electron chi connectivity index (χ2n) is 5.18. The van der Waals surface area contributed by atoms with Crippen LogP contribution >= 0.6 is 12.4 Å². The summed E-state index contributed by atoms with van der Waals surface area (Å²) in [6, 6.07) is 0. The Bertz CT molecular complexity index is 264. The highest BCUT2D eigenvalue weighted by Crippen LogP contribution is 2.43. The number of carbonyl (C=O) groups is 1. The smallest absolute Gasteiger partial charge is 0.226 e. The molecule has 1 heterocycles. The average Bonchev–Trinajstić information content (AvgIpc) is 2.60. The third-order valence-corrected chi connectivity index (χ3v) is 4.30. The molecule has 1 saturated heterocycles. The number of hydrogen-bond acceptors (Lipinski definition) is 3. The van der Waals surface area contributed by atoms with Crippen LogP contribution in [0.25, 0.3) is 0 Å². The van der Waals surface area contributed by atoms with Crippen LogP contribution in [0.4, 0.5) is 0 Å². The van der Waals surface area contributed by atoms with Gasteiger partial charge in [0.05, 0.1) is 6.10 Å². The average molecular weight is 263 g/mol. The fourth-order valence-corrected chi connectivity index (χ4v) is 2.68. The highest BCUT2D eigenvalue weighted by Gasteiger charge is 2.42.